The third-order valence-electron chi connectivity index (χ3n) is 4.39. The molecule has 0 atom stereocenters. The van der Waals surface area contributed by atoms with Gasteiger partial charge in [0, 0.05) is 12.1 Å². The molecule has 21 heavy (non-hydrogen) atoms. The van der Waals surface area contributed by atoms with Crippen molar-refractivity contribution in [1.82, 2.24) is 9.55 Å². The highest BCUT2D eigenvalue weighted by Crippen LogP contribution is 2.42. The zero-order chi connectivity index (χ0) is 15.0. The molecule has 1 aromatic carbocycles. The minimum absolute atomic E-state index is 0.146. The molecular weight excluding hydrogens is 288 g/mol. The van der Waals surface area contributed by atoms with E-state index in [0.717, 1.165) is 42.5 Å². The van der Waals surface area contributed by atoms with E-state index in [9.17, 15) is 4.79 Å². The molecule has 1 saturated carbocycles. The van der Waals surface area contributed by atoms with Gasteiger partial charge in [0.15, 0.2) is 0 Å². The van der Waals surface area contributed by atoms with Crippen molar-refractivity contribution in [3.63, 3.8) is 0 Å². The zero-order valence-corrected chi connectivity index (χ0v) is 13.1. The maximum atomic E-state index is 12.6. The maximum absolute atomic E-state index is 12.6. The lowest BCUT2D eigenvalue weighted by atomic mass is 9.85. The standard InChI is InChI=1S/C16H19ClN2O2/c1-3-21-15(20)16(8-4-5-9-16)14-18-12-7-6-11(17)10-13(12)19(14)2/h6-7,10H,3-5,8-9H2,1-2H3. The van der Waals surface area contributed by atoms with E-state index in [1.807, 2.05) is 36.7 Å². The van der Waals surface area contributed by atoms with Crippen molar-refractivity contribution in [3.8, 4) is 0 Å². The monoisotopic (exact) mass is 306 g/mol. The highest BCUT2D eigenvalue weighted by molar-refractivity contribution is 6.31. The average molecular weight is 307 g/mol. The van der Waals surface area contributed by atoms with Crippen LogP contribution in [0.5, 0.6) is 0 Å². The normalized spacial score (nSPS) is 17.3. The summed E-state index contributed by atoms with van der Waals surface area (Å²) in [7, 11) is 1.94. The van der Waals surface area contributed by atoms with Crippen LogP contribution < -0.4 is 0 Å². The summed E-state index contributed by atoms with van der Waals surface area (Å²) >= 11 is 6.07. The Labute approximate surface area is 129 Å². The third kappa shape index (κ3) is 2.22. The van der Waals surface area contributed by atoms with Crippen molar-refractivity contribution in [3.05, 3.63) is 29.0 Å². The molecule has 0 amide bonds. The SMILES string of the molecule is CCOC(=O)C1(c2nc3ccc(Cl)cc3n2C)CCCC1. The van der Waals surface area contributed by atoms with Crippen molar-refractivity contribution in [2.75, 3.05) is 6.61 Å². The molecule has 112 valence electrons. The first-order chi connectivity index (χ1) is 10.1. The smallest absolute Gasteiger partial charge is 0.319 e. The third-order valence-corrected chi connectivity index (χ3v) is 4.63. The number of hydrogen-bond acceptors (Lipinski definition) is 3. The fourth-order valence-corrected chi connectivity index (χ4v) is 3.52. The summed E-state index contributed by atoms with van der Waals surface area (Å²) in [5, 5.41) is 0.675. The lowest BCUT2D eigenvalue weighted by molar-refractivity contribution is -0.150. The molecule has 0 radical (unpaired) electrons. The van der Waals surface area contributed by atoms with Crippen molar-refractivity contribution in [2.24, 2.45) is 7.05 Å². The molecule has 4 nitrogen and oxygen atoms in total. The van der Waals surface area contributed by atoms with E-state index in [1.165, 1.54) is 0 Å². The minimum Gasteiger partial charge on any atom is -0.465 e. The summed E-state index contributed by atoms with van der Waals surface area (Å²) in [6, 6.07) is 5.61. The molecule has 1 heterocycles. The summed E-state index contributed by atoms with van der Waals surface area (Å²) in [6.07, 6.45) is 3.67. The number of rotatable bonds is 3. The molecule has 1 fully saturated rings. The Morgan fingerprint density at radius 2 is 2.14 bits per heavy atom. The lowest BCUT2D eigenvalue weighted by Gasteiger charge is -2.25. The van der Waals surface area contributed by atoms with Gasteiger partial charge in [-0.25, -0.2) is 4.98 Å². The first kappa shape index (κ1) is 14.4. The molecule has 1 aromatic heterocycles. The van der Waals surface area contributed by atoms with E-state index in [4.69, 9.17) is 21.3 Å². The number of aryl methyl sites for hydroxylation is 1. The number of halogens is 1. The van der Waals surface area contributed by atoms with Crippen molar-refractivity contribution in [2.45, 2.75) is 38.0 Å². The van der Waals surface area contributed by atoms with E-state index in [-0.39, 0.29) is 5.97 Å². The second-order valence-corrected chi connectivity index (χ2v) is 6.07. The summed E-state index contributed by atoms with van der Waals surface area (Å²) in [4.78, 5) is 17.3. The Bertz CT molecular complexity index is 687. The minimum atomic E-state index is -0.601. The van der Waals surface area contributed by atoms with Crippen molar-refractivity contribution in [1.29, 1.82) is 0 Å². The van der Waals surface area contributed by atoms with E-state index < -0.39 is 5.41 Å². The number of benzene rings is 1. The summed E-state index contributed by atoms with van der Waals surface area (Å²) in [5.41, 5.74) is 1.22. The van der Waals surface area contributed by atoms with Crippen LogP contribution in [0.2, 0.25) is 5.02 Å². The van der Waals surface area contributed by atoms with Crippen molar-refractivity contribution < 1.29 is 9.53 Å². The Kier molecular flexibility index (Phi) is 3.66. The molecule has 1 aliphatic rings. The average Bonchev–Trinajstić information content (AvgIpc) is 3.06. The van der Waals surface area contributed by atoms with Gasteiger partial charge >= 0.3 is 5.97 Å². The molecule has 0 aliphatic heterocycles. The highest BCUT2D eigenvalue weighted by Gasteiger charge is 2.47. The predicted molar refractivity (Wildman–Crippen MR) is 82.5 cm³/mol. The maximum Gasteiger partial charge on any atom is 0.319 e. The van der Waals surface area contributed by atoms with Crippen LogP contribution in [0.3, 0.4) is 0 Å². The summed E-state index contributed by atoms with van der Waals surface area (Å²) < 4.78 is 7.33. The van der Waals surface area contributed by atoms with E-state index in [0.29, 0.717) is 11.6 Å². The van der Waals surface area contributed by atoms with E-state index >= 15 is 0 Å². The Hall–Kier alpha value is -1.55. The van der Waals surface area contributed by atoms with Gasteiger partial charge in [-0.1, -0.05) is 24.4 Å². The Morgan fingerprint density at radius 1 is 1.43 bits per heavy atom. The second kappa shape index (κ2) is 5.34. The van der Waals surface area contributed by atoms with Crippen LogP contribution in [0.15, 0.2) is 18.2 Å². The van der Waals surface area contributed by atoms with Crippen LogP contribution in [0.1, 0.15) is 38.4 Å². The van der Waals surface area contributed by atoms with Crippen LogP contribution in [-0.2, 0) is 22.0 Å². The van der Waals surface area contributed by atoms with Gasteiger partial charge in [-0.15, -0.1) is 0 Å². The number of nitrogens with zero attached hydrogens (tertiary/aromatic N) is 2. The predicted octanol–water partition coefficient (Wildman–Crippen LogP) is 3.60. The molecule has 2 aromatic rings. The van der Waals surface area contributed by atoms with Gasteiger partial charge in [-0.3, -0.25) is 4.79 Å². The van der Waals surface area contributed by atoms with E-state index in [1.54, 1.807) is 0 Å². The van der Waals surface area contributed by atoms with Crippen LogP contribution in [-0.4, -0.2) is 22.1 Å². The molecular formula is C16H19ClN2O2. The number of esters is 1. The number of fused-ring (bicyclic) bond motifs is 1. The Balaban J connectivity index is 2.16. The molecule has 0 spiro atoms. The largest absolute Gasteiger partial charge is 0.465 e. The van der Waals surface area contributed by atoms with Gasteiger partial charge in [0.05, 0.1) is 17.6 Å². The quantitative estimate of drug-likeness (QED) is 0.814. The van der Waals surface area contributed by atoms with Crippen molar-refractivity contribution >= 4 is 28.6 Å². The number of aromatic nitrogens is 2. The lowest BCUT2D eigenvalue weighted by Crippen LogP contribution is -2.37. The van der Waals surface area contributed by atoms with Gasteiger partial charge in [-0.2, -0.15) is 0 Å². The molecule has 1 aliphatic carbocycles. The Morgan fingerprint density at radius 3 is 2.81 bits per heavy atom. The second-order valence-electron chi connectivity index (χ2n) is 5.64. The first-order valence-corrected chi connectivity index (χ1v) is 7.76. The zero-order valence-electron chi connectivity index (χ0n) is 12.4. The summed E-state index contributed by atoms with van der Waals surface area (Å²) in [5.74, 6) is 0.655. The fourth-order valence-electron chi connectivity index (χ4n) is 3.36. The molecule has 0 N–H and O–H groups in total. The molecule has 0 saturated heterocycles. The molecule has 3 rings (SSSR count). The van der Waals surface area contributed by atoms with Gasteiger partial charge in [0.2, 0.25) is 0 Å². The number of carbonyl (C=O) groups is 1. The van der Waals surface area contributed by atoms with Gasteiger partial charge in [0.1, 0.15) is 11.2 Å². The van der Waals surface area contributed by atoms with Crippen LogP contribution in [0, 0.1) is 0 Å². The van der Waals surface area contributed by atoms with Crippen LogP contribution in [0.4, 0.5) is 0 Å². The van der Waals surface area contributed by atoms with Gasteiger partial charge in [0.25, 0.3) is 0 Å². The molecule has 0 bridgehead atoms. The fraction of sp³-hybridized carbons (Fsp3) is 0.500. The topological polar surface area (TPSA) is 44.1 Å². The van der Waals surface area contributed by atoms with Gasteiger partial charge < -0.3 is 9.30 Å². The van der Waals surface area contributed by atoms with Crippen LogP contribution >= 0.6 is 11.6 Å². The number of carbonyl (C=O) groups excluding carboxylic acids is 1. The molecule has 5 heteroatoms. The van der Waals surface area contributed by atoms with Gasteiger partial charge in [-0.05, 0) is 38.0 Å². The summed E-state index contributed by atoms with van der Waals surface area (Å²) in [6.45, 7) is 2.24. The number of imidazole rings is 1. The number of hydrogen-bond donors (Lipinski definition) is 0. The van der Waals surface area contributed by atoms with E-state index in [2.05, 4.69) is 0 Å². The highest BCUT2D eigenvalue weighted by atomic mass is 35.5. The number of ether oxygens (including phenoxy) is 1. The first-order valence-electron chi connectivity index (χ1n) is 7.38. The molecule has 0 unspecified atom stereocenters. The van der Waals surface area contributed by atoms with Crippen LogP contribution in [0.25, 0.3) is 11.0 Å².